The third-order valence-electron chi connectivity index (χ3n) is 5.63. The van der Waals surface area contributed by atoms with Crippen molar-refractivity contribution in [3.63, 3.8) is 0 Å². The number of carbonyl (C=O) groups excluding carboxylic acids is 2. The lowest BCUT2D eigenvalue weighted by Gasteiger charge is -2.17. The van der Waals surface area contributed by atoms with Crippen molar-refractivity contribution in [1.29, 1.82) is 0 Å². The molecular weight excluding hydrogens is 392 g/mol. The second-order valence-electron chi connectivity index (χ2n) is 8.18. The van der Waals surface area contributed by atoms with Gasteiger partial charge < -0.3 is 14.6 Å². The zero-order chi connectivity index (χ0) is 23.1. The van der Waals surface area contributed by atoms with Crippen molar-refractivity contribution in [2.24, 2.45) is 11.8 Å². The first-order chi connectivity index (χ1) is 14.9. The van der Waals surface area contributed by atoms with Crippen molar-refractivity contribution in [3.8, 4) is 5.75 Å². The van der Waals surface area contributed by atoms with Crippen molar-refractivity contribution < 1.29 is 24.2 Å². The van der Waals surface area contributed by atoms with E-state index in [0.717, 1.165) is 51.4 Å². The number of esters is 2. The number of hydrogen-bond acceptors (Lipinski definition) is 5. The lowest BCUT2D eigenvalue weighted by Crippen LogP contribution is -2.23. The fourth-order valence-corrected chi connectivity index (χ4v) is 3.28. The van der Waals surface area contributed by atoms with Gasteiger partial charge in [-0.15, -0.1) is 0 Å². The van der Waals surface area contributed by atoms with Gasteiger partial charge in [0.25, 0.3) is 0 Å². The third-order valence-corrected chi connectivity index (χ3v) is 5.63. The van der Waals surface area contributed by atoms with Gasteiger partial charge in [-0.25, -0.2) is 9.59 Å². The van der Waals surface area contributed by atoms with E-state index in [4.69, 9.17) is 9.47 Å². The van der Waals surface area contributed by atoms with Crippen LogP contribution in [0.1, 0.15) is 84.6 Å². The fourth-order valence-electron chi connectivity index (χ4n) is 3.28. The molecule has 1 aromatic rings. The summed E-state index contributed by atoms with van der Waals surface area (Å²) in [5.41, 5.74) is 0.513. The molecule has 31 heavy (non-hydrogen) atoms. The number of unbranched alkanes of at least 4 members (excludes halogenated alkanes) is 2. The smallest absolute Gasteiger partial charge is 0.345 e. The van der Waals surface area contributed by atoms with Gasteiger partial charge in [0.05, 0.1) is 13.2 Å². The first-order valence-electron chi connectivity index (χ1n) is 11.8. The van der Waals surface area contributed by atoms with Gasteiger partial charge in [-0.1, -0.05) is 78.4 Å². The van der Waals surface area contributed by atoms with E-state index in [1.54, 1.807) is 12.1 Å². The molecule has 1 rings (SSSR count). The number of phenolic OH excluding ortho intramolecular Hbond substituents is 1. The molecule has 0 radical (unpaired) electrons. The molecule has 0 saturated carbocycles. The molecule has 5 heteroatoms. The van der Waals surface area contributed by atoms with Gasteiger partial charge in [0, 0.05) is 0 Å². The van der Waals surface area contributed by atoms with Crippen LogP contribution in [-0.2, 0) is 19.1 Å². The SMILES string of the molecule is CCCCC(CC)COC(=O)C(=Cc1ccc(O)cc1)C(=O)OCC(CC)CCCC. The number of rotatable bonds is 15. The zero-order valence-corrected chi connectivity index (χ0v) is 19.7. The Morgan fingerprint density at radius 3 is 1.68 bits per heavy atom. The van der Waals surface area contributed by atoms with Crippen LogP contribution in [0.5, 0.6) is 5.75 Å². The molecule has 0 heterocycles. The first-order valence-corrected chi connectivity index (χ1v) is 11.8. The highest BCUT2D eigenvalue weighted by Gasteiger charge is 2.23. The van der Waals surface area contributed by atoms with E-state index in [9.17, 15) is 14.7 Å². The van der Waals surface area contributed by atoms with E-state index in [1.165, 1.54) is 18.2 Å². The minimum atomic E-state index is -0.658. The van der Waals surface area contributed by atoms with Crippen LogP contribution in [0.15, 0.2) is 29.8 Å². The lowest BCUT2D eigenvalue weighted by molar-refractivity contribution is -0.148. The lowest BCUT2D eigenvalue weighted by atomic mass is 10.0. The molecule has 5 nitrogen and oxygen atoms in total. The van der Waals surface area contributed by atoms with E-state index in [1.807, 2.05) is 0 Å². The molecule has 0 amide bonds. The van der Waals surface area contributed by atoms with E-state index < -0.39 is 11.9 Å². The van der Waals surface area contributed by atoms with Gasteiger partial charge in [0.15, 0.2) is 0 Å². The monoisotopic (exact) mass is 432 g/mol. The van der Waals surface area contributed by atoms with Crippen molar-refractivity contribution in [3.05, 3.63) is 35.4 Å². The first kappa shape index (κ1) is 26.7. The van der Waals surface area contributed by atoms with E-state index in [2.05, 4.69) is 27.7 Å². The Morgan fingerprint density at radius 2 is 1.29 bits per heavy atom. The van der Waals surface area contributed by atoms with Gasteiger partial charge in [-0.3, -0.25) is 0 Å². The summed E-state index contributed by atoms with van der Waals surface area (Å²) < 4.78 is 11.0. The van der Waals surface area contributed by atoms with Crippen LogP contribution in [0.4, 0.5) is 0 Å². The number of phenols is 1. The molecular formula is C26H40O5. The number of ether oxygens (including phenoxy) is 2. The minimum absolute atomic E-state index is 0.110. The molecule has 0 aliphatic carbocycles. The summed E-state index contributed by atoms with van der Waals surface area (Å²) in [7, 11) is 0. The van der Waals surface area contributed by atoms with Gasteiger partial charge in [-0.2, -0.15) is 0 Å². The van der Waals surface area contributed by atoms with Crippen molar-refractivity contribution in [2.75, 3.05) is 13.2 Å². The summed E-state index contributed by atoms with van der Waals surface area (Å²) in [5.74, 6) is -0.627. The number of benzene rings is 1. The highest BCUT2D eigenvalue weighted by atomic mass is 16.6. The molecule has 0 aliphatic heterocycles. The molecule has 1 aromatic carbocycles. The Hall–Kier alpha value is -2.30. The fraction of sp³-hybridized carbons (Fsp3) is 0.615. The second-order valence-corrected chi connectivity index (χ2v) is 8.18. The van der Waals surface area contributed by atoms with Crippen LogP contribution in [0.25, 0.3) is 6.08 Å². The predicted molar refractivity (Wildman–Crippen MR) is 125 cm³/mol. The van der Waals surface area contributed by atoms with Gasteiger partial charge >= 0.3 is 11.9 Å². The normalized spacial score (nSPS) is 12.6. The quantitative estimate of drug-likeness (QED) is 0.152. The summed E-state index contributed by atoms with van der Waals surface area (Å²) in [4.78, 5) is 25.6. The molecule has 0 aromatic heterocycles. The van der Waals surface area contributed by atoms with E-state index in [0.29, 0.717) is 18.8 Å². The summed E-state index contributed by atoms with van der Waals surface area (Å²) in [5, 5.41) is 9.49. The van der Waals surface area contributed by atoms with Crippen LogP contribution in [0.2, 0.25) is 0 Å². The molecule has 0 bridgehead atoms. The van der Waals surface area contributed by atoms with Crippen LogP contribution >= 0.6 is 0 Å². The van der Waals surface area contributed by atoms with Gasteiger partial charge in [-0.05, 0) is 48.4 Å². The molecule has 0 spiro atoms. The molecule has 1 N–H and O–H groups in total. The summed E-state index contributed by atoms with van der Waals surface area (Å²) in [6.07, 6.45) is 9.68. The van der Waals surface area contributed by atoms with Crippen LogP contribution in [0.3, 0.4) is 0 Å². The highest BCUT2D eigenvalue weighted by molar-refractivity contribution is 6.17. The van der Waals surface area contributed by atoms with E-state index >= 15 is 0 Å². The Labute approximate surface area is 187 Å². The topological polar surface area (TPSA) is 72.8 Å². The molecule has 0 fully saturated rings. The van der Waals surface area contributed by atoms with Crippen molar-refractivity contribution in [2.45, 2.75) is 79.1 Å². The summed E-state index contributed by atoms with van der Waals surface area (Å²) in [6.45, 7) is 9.02. The average molecular weight is 433 g/mol. The maximum absolute atomic E-state index is 12.8. The Bertz CT molecular complexity index is 644. The molecule has 0 aliphatic rings. The minimum Gasteiger partial charge on any atom is -0.508 e. The third kappa shape index (κ3) is 10.5. The Kier molecular flexibility index (Phi) is 13.4. The summed E-state index contributed by atoms with van der Waals surface area (Å²) in [6, 6.07) is 6.30. The molecule has 2 unspecified atom stereocenters. The summed E-state index contributed by atoms with van der Waals surface area (Å²) >= 11 is 0. The number of aromatic hydroxyl groups is 1. The number of carbonyl (C=O) groups is 2. The highest BCUT2D eigenvalue weighted by Crippen LogP contribution is 2.18. The largest absolute Gasteiger partial charge is 0.508 e. The zero-order valence-electron chi connectivity index (χ0n) is 19.7. The molecule has 0 saturated heterocycles. The van der Waals surface area contributed by atoms with Crippen molar-refractivity contribution >= 4 is 18.0 Å². The van der Waals surface area contributed by atoms with Crippen LogP contribution < -0.4 is 0 Å². The van der Waals surface area contributed by atoms with Gasteiger partial charge in [0.1, 0.15) is 11.3 Å². The maximum atomic E-state index is 12.8. The standard InChI is InChI=1S/C26H40O5/c1-5-9-11-20(7-3)18-30-25(28)24(17-22-13-15-23(27)16-14-22)26(29)31-19-21(8-4)12-10-6-2/h13-17,20-21,27H,5-12,18-19H2,1-4H3. The Morgan fingerprint density at radius 1 is 0.839 bits per heavy atom. The predicted octanol–water partition coefficient (Wildman–Crippen LogP) is 6.29. The maximum Gasteiger partial charge on any atom is 0.345 e. The van der Waals surface area contributed by atoms with Crippen molar-refractivity contribution in [1.82, 2.24) is 0 Å². The van der Waals surface area contributed by atoms with Gasteiger partial charge in [0.2, 0.25) is 0 Å². The Balaban J connectivity index is 2.90. The van der Waals surface area contributed by atoms with Crippen LogP contribution in [-0.4, -0.2) is 30.3 Å². The average Bonchev–Trinajstić information content (AvgIpc) is 2.78. The second kappa shape index (κ2) is 15.5. The molecule has 2 atom stereocenters. The van der Waals surface area contributed by atoms with E-state index in [-0.39, 0.29) is 23.2 Å². The van der Waals surface area contributed by atoms with Crippen LogP contribution in [0, 0.1) is 11.8 Å². The number of hydrogen-bond donors (Lipinski definition) is 1. The molecule has 174 valence electrons.